The van der Waals surface area contributed by atoms with Crippen LogP contribution in [0, 0.1) is 19.7 Å². The van der Waals surface area contributed by atoms with Gasteiger partial charge in [-0.25, -0.2) is 14.4 Å². The highest BCUT2D eigenvalue weighted by atomic mass is 35.5. The first-order valence-electron chi connectivity index (χ1n) is 6.21. The molecule has 0 fully saturated rings. The molecule has 3 rings (SSSR count). The zero-order chi connectivity index (χ0) is 14.3. The summed E-state index contributed by atoms with van der Waals surface area (Å²) < 4.78 is 12.9. The van der Waals surface area contributed by atoms with Gasteiger partial charge in [-0.3, -0.25) is 0 Å². The van der Waals surface area contributed by atoms with Gasteiger partial charge in [0.15, 0.2) is 0 Å². The van der Waals surface area contributed by atoms with Gasteiger partial charge in [0, 0.05) is 11.3 Å². The summed E-state index contributed by atoms with van der Waals surface area (Å²) in [6, 6.07) is 6.35. The van der Waals surface area contributed by atoms with Crippen molar-refractivity contribution in [1.82, 2.24) is 9.97 Å². The van der Waals surface area contributed by atoms with Gasteiger partial charge < -0.3 is 0 Å². The van der Waals surface area contributed by atoms with Crippen molar-refractivity contribution in [2.45, 2.75) is 20.3 Å². The van der Waals surface area contributed by atoms with Crippen molar-refractivity contribution in [3.05, 3.63) is 57.1 Å². The van der Waals surface area contributed by atoms with Crippen molar-refractivity contribution < 1.29 is 4.39 Å². The van der Waals surface area contributed by atoms with Crippen molar-refractivity contribution in [1.29, 1.82) is 0 Å². The average Bonchev–Trinajstić information content (AvgIpc) is 2.68. The Bertz CT molecular complexity index is 781. The Morgan fingerprint density at radius 1 is 1.15 bits per heavy atom. The molecule has 5 heteroatoms. The van der Waals surface area contributed by atoms with E-state index in [1.165, 1.54) is 17.0 Å². The lowest BCUT2D eigenvalue weighted by molar-refractivity contribution is 0.627. The molecule has 0 spiro atoms. The van der Waals surface area contributed by atoms with Gasteiger partial charge in [-0.1, -0.05) is 23.7 Å². The number of benzene rings is 1. The summed E-state index contributed by atoms with van der Waals surface area (Å²) in [6.07, 6.45) is 0.548. The minimum absolute atomic E-state index is 0.243. The molecule has 2 heterocycles. The number of aromatic nitrogens is 2. The second-order valence-corrected chi connectivity index (χ2v) is 6.26. The van der Waals surface area contributed by atoms with Gasteiger partial charge in [-0.05, 0) is 37.1 Å². The van der Waals surface area contributed by atoms with Crippen LogP contribution in [0.1, 0.15) is 21.8 Å². The lowest BCUT2D eigenvalue weighted by Crippen LogP contribution is -1.97. The molecule has 0 aliphatic carbocycles. The fourth-order valence-electron chi connectivity index (χ4n) is 2.11. The molecule has 0 N–H and O–H groups in total. The number of rotatable bonds is 2. The van der Waals surface area contributed by atoms with Gasteiger partial charge >= 0.3 is 0 Å². The van der Waals surface area contributed by atoms with Crippen LogP contribution in [0.4, 0.5) is 4.39 Å². The topological polar surface area (TPSA) is 25.8 Å². The van der Waals surface area contributed by atoms with Crippen molar-refractivity contribution in [3.8, 4) is 0 Å². The van der Waals surface area contributed by atoms with Crippen molar-refractivity contribution in [3.63, 3.8) is 0 Å². The summed E-state index contributed by atoms with van der Waals surface area (Å²) in [5.41, 5.74) is 2.11. The maximum absolute atomic E-state index is 12.9. The fraction of sp³-hybridized carbons (Fsp3) is 0.200. The van der Waals surface area contributed by atoms with Gasteiger partial charge in [0.2, 0.25) is 0 Å². The molecule has 0 atom stereocenters. The van der Waals surface area contributed by atoms with Crippen molar-refractivity contribution in [2.75, 3.05) is 0 Å². The van der Waals surface area contributed by atoms with E-state index in [4.69, 9.17) is 11.6 Å². The maximum atomic E-state index is 12.9. The number of nitrogens with zero attached hydrogens (tertiary/aromatic N) is 2. The lowest BCUT2D eigenvalue weighted by atomic mass is 10.1. The molecule has 0 aliphatic rings. The second kappa shape index (κ2) is 5.11. The highest BCUT2D eigenvalue weighted by Crippen LogP contribution is 2.33. The quantitative estimate of drug-likeness (QED) is 0.642. The van der Waals surface area contributed by atoms with Crippen LogP contribution in [-0.4, -0.2) is 9.97 Å². The van der Waals surface area contributed by atoms with E-state index in [9.17, 15) is 4.39 Å². The number of aryl methyl sites for hydroxylation is 2. The summed E-state index contributed by atoms with van der Waals surface area (Å²) in [5.74, 6) is 0.419. The first kappa shape index (κ1) is 13.5. The van der Waals surface area contributed by atoms with Crippen LogP contribution in [0.2, 0.25) is 5.15 Å². The molecule has 0 saturated carbocycles. The number of hydrogen-bond acceptors (Lipinski definition) is 3. The molecular weight excluding hydrogens is 295 g/mol. The smallest absolute Gasteiger partial charge is 0.141 e. The first-order valence-corrected chi connectivity index (χ1v) is 7.40. The van der Waals surface area contributed by atoms with Crippen LogP contribution >= 0.6 is 22.9 Å². The fourth-order valence-corrected chi connectivity index (χ4v) is 3.54. The van der Waals surface area contributed by atoms with Crippen LogP contribution in [0.3, 0.4) is 0 Å². The first-order chi connectivity index (χ1) is 9.54. The lowest BCUT2D eigenvalue weighted by Gasteiger charge is -2.03. The molecule has 2 nitrogen and oxygen atoms in total. The molecule has 2 aromatic heterocycles. The van der Waals surface area contributed by atoms with Crippen molar-refractivity contribution in [2.24, 2.45) is 0 Å². The van der Waals surface area contributed by atoms with E-state index in [1.807, 2.05) is 6.92 Å². The van der Waals surface area contributed by atoms with Crippen LogP contribution in [0.15, 0.2) is 24.3 Å². The predicted molar refractivity (Wildman–Crippen MR) is 81.1 cm³/mol. The summed E-state index contributed by atoms with van der Waals surface area (Å²) in [7, 11) is 0. The van der Waals surface area contributed by atoms with E-state index in [0.717, 1.165) is 21.3 Å². The third-order valence-electron chi connectivity index (χ3n) is 3.31. The van der Waals surface area contributed by atoms with Crippen molar-refractivity contribution >= 4 is 33.2 Å². The average molecular weight is 307 g/mol. The molecule has 0 aliphatic heterocycles. The zero-order valence-corrected chi connectivity index (χ0v) is 12.6. The summed E-state index contributed by atoms with van der Waals surface area (Å²) in [4.78, 5) is 11.0. The van der Waals surface area contributed by atoms with Crippen LogP contribution in [0.5, 0.6) is 0 Å². The molecule has 1 aromatic carbocycles. The van der Waals surface area contributed by atoms with Gasteiger partial charge in [-0.15, -0.1) is 11.3 Å². The van der Waals surface area contributed by atoms with Gasteiger partial charge in [0.25, 0.3) is 0 Å². The molecular formula is C15H12ClFN2S. The summed E-state index contributed by atoms with van der Waals surface area (Å²) in [6.45, 7) is 4.08. The monoisotopic (exact) mass is 306 g/mol. The maximum Gasteiger partial charge on any atom is 0.141 e. The van der Waals surface area contributed by atoms with E-state index in [-0.39, 0.29) is 5.82 Å². The minimum atomic E-state index is -0.243. The molecule has 20 heavy (non-hydrogen) atoms. The van der Waals surface area contributed by atoms with E-state index in [1.54, 1.807) is 23.5 Å². The molecule has 3 aromatic rings. The number of hydrogen-bond donors (Lipinski definition) is 0. The Labute approximate surface area is 125 Å². The SMILES string of the molecule is Cc1sc2nc(Cc3ccc(F)cc3)nc(Cl)c2c1C. The Morgan fingerprint density at radius 3 is 2.55 bits per heavy atom. The van der Waals surface area contributed by atoms with E-state index < -0.39 is 0 Å². The van der Waals surface area contributed by atoms with Crippen LogP contribution in [0.25, 0.3) is 10.2 Å². The number of halogens is 2. The molecule has 0 amide bonds. The van der Waals surface area contributed by atoms with Gasteiger partial charge in [0.1, 0.15) is 21.6 Å². The highest BCUT2D eigenvalue weighted by Gasteiger charge is 2.13. The number of fused-ring (bicyclic) bond motifs is 1. The molecule has 0 bridgehead atoms. The Kier molecular flexibility index (Phi) is 3.44. The molecule has 0 saturated heterocycles. The number of thiophene rings is 1. The van der Waals surface area contributed by atoms with Crippen LogP contribution < -0.4 is 0 Å². The van der Waals surface area contributed by atoms with Gasteiger partial charge in [0.05, 0.1) is 5.39 Å². The second-order valence-electron chi connectivity index (χ2n) is 4.70. The normalized spacial score (nSPS) is 11.2. The molecule has 0 unspecified atom stereocenters. The van der Waals surface area contributed by atoms with E-state index >= 15 is 0 Å². The third-order valence-corrected chi connectivity index (χ3v) is 4.68. The summed E-state index contributed by atoms with van der Waals surface area (Å²) in [5, 5.41) is 1.44. The Morgan fingerprint density at radius 2 is 1.85 bits per heavy atom. The van der Waals surface area contributed by atoms with E-state index in [0.29, 0.717) is 17.4 Å². The minimum Gasteiger partial charge on any atom is -0.222 e. The largest absolute Gasteiger partial charge is 0.222 e. The highest BCUT2D eigenvalue weighted by molar-refractivity contribution is 7.18. The predicted octanol–water partition coefficient (Wildman–Crippen LogP) is 4.69. The van der Waals surface area contributed by atoms with E-state index in [2.05, 4.69) is 16.9 Å². The third kappa shape index (κ3) is 2.41. The Hall–Kier alpha value is -1.52. The Balaban J connectivity index is 2.02. The molecule has 102 valence electrons. The summed E-state index contributed by atoms with van der Waals surface area (Å²) >= 11 is 7.89. The van der Waals surface area contributed by atoms with Crippen LogP contribution in [-0.2, 0) is 6.42 Å². The standard InChI is InChI=1S/C15H12ClFN2S/c1-8-9(2)20-15-13(8)14(16)18-12(19-15)7-10-3-5-11(17)6-4-10/h3-6H,7H2,1-2H3. The van der Waals surface area contributed by atoms with Gasteiger partial charge in [-0.2, -0.15) is 0 Å². The zero-order valence-electron chi connectivity index (χ0n) is 11.1. The molecule has 0 radical (unpaired) electrons.